The number of aromatic nitrogens is 1. The number of hydrogen-bond acceptors (Lipinski definition) is 6. The number of anilines is 1. The van der Waals surface area contributed by atoms with E-state index in [2.05, 4.69) is 46.8 Å². The van der Waals surface area contributed by atoms with E-state index in [1.54, 1.807) is 23.3 Å². The quantitative estimate of drug-likeness (QED) is 0.665. The number of carbonyl (C=O) groups excluding carboxylic acids is 1. The fourth-order valence-corrected chi connectivity index (χ4v) is 4.24. The Kier molecular flexibility index (Phi) is 6.87. The van der Waals surface area contributed by atoms with E-state index in [1.807, 2.05) is 7.05 Å². The monoisotopic (exact) mass is 351 g/mol. The van der Waals surface area contributed by atoms with Gasteiger partial charge in [-0.15, -0.1) is 0 Å². The summed E-state index contributed by atoms with van der Waals surface area (Å²) < 4.78 is 3.57. The number of fused-ring (bicyclic) bond motifs is 1. The van der Waals surface area contributed by atoms with Crippen LogP contribution in [-0.2, 0) is 4.79 Å². The van der Waals surface area contributed by atoms with Crippen LogP contribution in [0.15, 0.2) is 12.1 Å². The normalized spacial score (nSPS) is 16.0. The molecule has 23 heavy (non-hydrogen) atoms. The van der Waals surface area contributed by atoms with Crippen molar-refractivity contribution in [3.8, 4) is 0 Å². The number of aryl methyl sites for hydroxylation is 2. The van der Waals surface area contributed by atoms with Gasteiger partial charge in [-0.1, -0.05) is 29.4 Å². The van der Waals surface area contributed by atoms with Crippen LogP contribution >= 0.6 is 23.3 Å². The first-order valence-electron chi connectivity index (χ1n) is 7.87. The van der Waals surface area contributed by atoms with Gasteiger partial charge in [-0.05, 0) is 50.1 Å². The molecule has 1 aromatic heterocycles. The minimum Gasteiger partial charge on any atom is -0.365 e. The summed E-state index contributed by atoms with van der Waals surface area (Å²) >= 11 is 3.48. The molecule has 0 bridgehead atoms. The van der Waals surface area contributed by atoms with E-state index < -0.39 is 0 Å². The van der Waals surface area contributed by atoms with Crippen molar-refractivity contribution in [1.82, 2.24) is 9.29 Å². The first-order valence-corrected chi connectivity index (χ1v) is 9.87. The van der Waals surface area contributed by atoms with Crippen molar-refractivity contribution in [3.05, 3.63) is 23.3 Å². The van der Waals surface area contributed by atoms with Gasteiger partial charge in [-0.2, -0.15) is 0 Å². The Morgan fingerprint density at radius 3 is 2.61 bits per heavy atom. The molecule has 3 rings (SSSR count). The number of nitrogens with one attached hydrogen (secondary N) is 1. The van der Waals surface area contributed by atoms with Crippen LogP contribution in [0.25, 0.3) is 10.2 Å². The molecule has 1 saturated heterocycles. The average Bonchev–Trinajstić information content (AvgIpc) is 2.99. The molecule has 0 spiro atoms. The van der Waals surface area contributed by atoms with Gasteiger partial charge in [0, 0.05) is 26.1 Å². The van der Waals surface area contributed by atoms with Gasteiger partial charge in [-0.25, -0.2) is 4.98 Å². The minimum absolute atomic E-state index is 0.336. The molecule has 2 aromatic rings. The van der Waals surface area contributed by atoms with Crippen LogP contribution in [0.3, 0.4) is 0 Å². The van der Waals surface area contributed by atoms with Crippen LogP contribution in [0.5, 0.6) is 0 Å². The summed E-state index contributed by atoms with van der Waals surface area (Å²) in [6, 6.07) is 4.35. The standard InChI is InChI=1S/C10H12N2S.C7H13NOS/c1-6-4-7(2)9-8(5-6)13-10(11-3)12-9;1-10-8-4-2-7(6-9)3-5-8/h4-5H,1-3H3,(H,11,12);6-7H,2-5H2,1H3. The van der Waals surface area contributed by atoms with Gasteiger partial charge in [-0.3, -0.25) is 4.31 Å². The number of aldehydes is 1. The highest BCUT2D eigenvalue weighted by atomic mass is 32.2. The smallest absolute Gasteiger partial charge is 0.183 e. The third-order valence-electron chi connectivity index (χ3n) is 3.99. The molecular weight excluding hydrogens is 326 g/mol. The second-order valence-corrected chi connectivity index (χ2v) is 7.69. The van der Waals surface area contributed by atoms with Gasteiger partial charge in [0.1, 0.15) is 6.29 Å². The summed E-state index contributed by atoms with van der Waals surface area (Å²) in [4.78, 5) is 14.8. The zero-order valence-electron chi connectivity index (χ0n) is 14.3. The largest absolute Gasteiger partial charge is 0.365 e. The highest BCUT2D eigenvalue weighted by Crippen LogP contribution is 2.28. The van der Waals surface area contributed by atoms with Gasteiger partial charge in [0.2, 0.25) is 0 Å². The third-order valence-corrected chi connectivity index (χ3v) is 5.89. The van der Waals surface area contributed by atoms with Gasteiger partial charge in [0.05, 0.1) is 10.2 Å². The number of piperidine rings is 1. The molecule has 1 aromatic carbocycles. The van der Waals surface area contributed by atoms with Crippen LogP contribution < -0.4 is 5.32 Å². The van der Waals surface area contributed by atoms with E-state index in [-0.39, 0.29) is 0 Å². The number of hydrogen-bond donors (Lipinski definition) is 1. The molecule has 0 unspecified atom stereocenters. The second kappa shape index (κ2) is 8.66. The summed E-state index contributed by atoms with van der Waals surface area (Å²) in [6.07, 6.45) is 5.27. The lowest BCUT2D eigenvalue weighted by Gasteiger charge is -2.26. The Bertz CT molecular complexity index is 649. The van der Waals surface area contributed by atoms with Crippen molar-refractivity contribution in [2.45, 2.75) is 26.7 Å². The summed E-state index contributed by atoms with van der Waals surface area (Å²) in [5.74, 6) is 0.336. The van der Waals surface area contributed by atoms with Gasteiger partial charge < -0.3 is 10.1 Å². The third kappa shape index (κ3) is 4.93. The summed E-state index contributed by atoms with van der Waals surface area (Å²) in [5.41, 5.74) is 3.68. The molecule has 0 radical (unpaired) electrons. The lowest BCUT2D eigenvalue weighted by molar-refractivity contribution is -0.112. The molecular formula is C17H25N3OS2. The summed E-state index contributed by atoms with van der Waals surface area (Å²) in [5, 5.41) is 4.06. The molecule has 1 fully saturated rings. The fraction of sp³-hybridized carbons (Fsp3) is 0.529. The van der Waals surface area contributed by atoms with Crippen molar-refractivity contribution in [2.75, 3.05) is 31.7 Å². The maximum atomic E-state index is 10.3. The number of carbonyl (C=O) groups is 1. The molecule has 6 heteroatoms. The topological polar surface area (TPSA) is 45.2 Å². The Balaban J connectivity index is 0.000000174. The highest BCUT2D eigenvalue weighted by Gasteiger charge is 2.17. The van der Waals surface area contributed by atoms with Gasteiger partial charge in [0.25, 0.3) is 0 Å². The van der Waals surface area contributed by atoms with E-state index >= 15 is 0 Å². The predicted molar refractivity (Wildman–Crippen MR) is 103 cm³/mol. The SMILES string of the molecule is CNc1nc2c(C)cc(C)cc2s1.CSN1CCC(C=O)CC1. The molecule has 1 aliphatic rings. The van der Waals surface area contributed by atoms with Crippen LogP contribution in [0.1, 0.15) is 24.0 Å². The zero-order chi connectivity index (χ0) is 16.8. The molecule has 1 N–H and O–H groups in total. The first kappa shape index (κ1) is 18.2. The molecule has 126 valence electrons. The maximum absolute atomic E-state index is 10.3. The van der Waals surface area contributed by atoms with Crippen LogP contribution in [-0.4, -0.2) is 42.0 Å². The Morgan fingerprint density at radius 2 is 2.04 bits per heavy atom. The van der Waals surface area contributed by atoms with Crippen LogP contribution in [0.2, 0.25) is 0 Å². The van der Waals surface area contributed by atoms with E-state index in [0.717, 1.165) is 42.9 Å². The maximum Gasteiger partial charge on any atom is 0.183 e. The van der Waals surface area contributed by atoms with Gasteiger partial charge in [0.15, 0.2) is 5.13 Å². The van der Waals surface area contributed by atoms with E-state index in [9.17, 15) is 4.79 Å². The fourth-order valence-electron chi connectivity index (χ4n) is 2.67. The van der Waals surface area contributed by atoms with Gasteiger partial charge >= 0.3 is 0 Å². The second-order valence-electron chi connectivity index (χ2n) is 5.78. The molecule has 2 heterocycles. The number of nitrogens with zero attached hydrogens (tertiary/aromatic N) is 2. The van der Waals surface area contributed by atoms with E-state index in [4.69, 9.17) is 0 Å². The number of rotatable bonds is 3. The molecule has 0 amide bonds. The summed E-state index contributed by atoms with van der Waals surface area (Å²) in [7, 11) is 1.90. The average molecular weight is 352 g/mol. The number of thiazole rings is 1. The Hall–Kier alpha value is -1.11. The molecule has 0 aliphatic carbocycles. The lowest BCUT2D eigenvalue weighted by Crippen LogP contribution is -2.28. The number of benzene rings is 1. The first-order chi connectivity index (χ1) is 11.1. The lowest BCUT2D eigenvalue weighted by atomic mass is 10.0. The Labute approximate surface area is 146 Å². The zero-order valence-corrected chi connectivity index (χ0v) is 15.9. The highest BCUT2D eigenvalue weighted by molar-refractivity contribution is 7.96. The van der Waals surface area contributed by atoms with Crippen LogP contribution in [0.4, 0.5) is 5.13 Å². The minimum atomic E-state index is 0.336. The molecule has 0 saturated carbocycles. The van der Waals surface area contributed by atoms with Crippen LogP contribution in [0, 0.1) is 19.8 Å². The van der Waals surface area contributed by atoms with Crippen molar-refractivity contribution >= 4 is 44.9 Å². The van der Waals surface area contributed by atoms with Crippen molar-refractivity contribution in [3.63, 3.8) is 0 Å². The molecule has 1 aliphatic heterocycles. The van der Waals surface area contributed by atoms with Crippen molar-refractivity contribution in [2.24, 2.45) is 5.92 Å². The van der Waals surface area contributed by atoms with Crippen molar-refractivity contribution in [1.29, 1.82) is 0 Å². The molecule has 0 atom stereocenters. The summed E-state index contributed by atoms with van der Waals surface area (Å²) in [6.45, 7) is 6.37. The van der Waals surface area contributed by atoms with Crippen molar-refractivity contribution < 1.29 is 4.79 Å². The molecule has 4 nitrogen and oxygen atoms in total. The van der Waals surface area contributed by atoms with E-state index in [0.29, 0.717) is 5.92 Å². The Morgan fingerprint density at radius 1 is 1.35 bits per heavy atom. The van der Waals surface area contributed by atoms with E-state index in [1.165, 1.54) is 15.8 Å². The predicted octanol–water partition coefficient (Wildman–Crippen LogP) is 4.13.